The first-order valence-corrected chi connectivity index (χ1v) is 8.96. The first kappa shape index (κ1) is 19.3. The molecular formula is C17H19F2N3O4S. The Hall–Kier alpha value is -2.46. The number of nitrogens with zero attached hydrogens (tertiary/aromatic N) is 3. The number of aliphatic hydroxyl groups is 1. The van der Waals surface area contributed by atoms with E-state index in [0.717, 1.165) is 11.3 Å². The lowest BCUT2D eigenvalue weighted by molar-refractivity contribution is -0.286. The third kappa shape index (κ3) is 3.96. The van der Waals surface area contributed by atoms with Gasteiger partial charge in [-0.15, -0.1) is 8.78 Å². The number of aromatic nitrogens is 1. The molecule has 0 bridgehead atoms. The molecule has 0 spiro atoms. The molecule has 0 fully saturated rings. The molecule has 2 heterocycles. The second-order valence-electron chi connectivity index (χ2n) is 6.56. The lowest BCUT2D eigenvalue weighted by Gasteiger charge is -2.11. The van der Waals surface area contributed by atoms with Gasteiger partial charge in [-0.3, -0.25) is 4.57 Å². The molecule has 3 rings (SSSR count). The Balaban J connectivity index is 2.11. The molecule has 2 aromatic rings. The van der Waals surface area contributed by atoms with Crippen LogP contribution in [0.3, 0.4) is 0 Å². The van der Waals surface area contributed by atoms with Gasteiger partial charge in [0.2, 0.25) is 0 Å². The van der Waals surface area contributed by atoms with Crippen molar-refractivity contribution in [1.29, 1.82) is 0 Å². The fourth-order valence-electron chi connectivity index (χ4n) is 2.36. The first-order chi connectivity index (χ1) is 12.6. The Bertz CT molecular complexity index is 937. The maximum absolute atomic E-state index is 13.3. The number of benzene rings is 1. The van der Waals surface area contributed by atoms with Gasteiger partial charge in [-0.2, -0.15) is 4.99 Å². The highest BCUT2D eigenvalue weighted by Gasteiger charge is 2.43. The van der Waals surface area contributed by atoms with E-state index in [9.17, 15) is 18.7 Å². The predicted octanol–water partition coefficient (Wildman–Crippen LogP) is 3.13. The highest BCUT2D eigenvalue weighted by molar-refractivity contribution is 7.09. The molecule has 0 radical (unpaired) electrons. The molecule has 0 saturated carbocycles. The molecule has 1 atom stereocenters. The SMILES string of the molecule is CC(C)C(O)c1cn(-c2ccc3c(c2)OC(F)(F)O3)c(=NC(=O)N(C)C)s1. The van der Waals surface area contributed by atoms with Gasteiger partial charge in [0, 0.05) is 26.4 Å². The van der Waals surface area contributed by atoms with Crippen LogP contribution in [0.5, 0.6) is 11.5 Å². The molecule has 0 aliphatic carbocycles. The molecule has 1 unspecified atom stereocenters. The van der Waals surface area contributed by atoms with Gasteiger partial charge in [0.15, 0.2) is 16.3 Å². The fraction of sp³-hybridized carbons (Fsp3) is 0.412. The van der Waals surface area contributed by atoms with E-state index in [-0.39, 0.29) is 17.4 Å². The summed E-state index contributed by atoms with van der Waals surface area (Å²) >= 11 is 1.15. The summed E-state index contributed by atoms with van der Waals surface area (Å²) in [5.41, 5.74) is 0.443. The Morgan fingerprint density at radius 1 is 1.30 bits per heavy atom. The van der Waals surface area contributed by atoms with E-state index in [4.69, 9.17) is 0 Å². The number of amides is 2. The van der Waals surface area contributed by atoms with Crippen LogP contribution in [0.15, 0.2) is 29.4 Å². The molecule has 27 heavy (non-hydrogen) atoms. The maximum Gasteiger partial charge on any atom is 0.586 e. The van der Waals surface area contributed by atoms with E-state index in [2.05, 4.69) is 14.5 Å². The number of carbonyl (C=O) groups excluding carboxylic acids is 1. The number of carbonyl (C=O) groups is 1. The maximum atomic E-state index is 13.3. The number of fused-ring (bicyclic) bond motifs is 1. The highest BCUT2D eigenvalue weighted by Crippen LogP contribution is 2.41. The van der Waals surface area contributed by atoms with Gasteiger partial charge in [-0.05, 0) is 18.1 Å². The molecule has 146 valence electrons. The topological polar surface area (TPSA) is 76.3 Å². The third-order valence-corrected chi connectivity index (χ3v) is 4.88. The van der Waals surface area contributed by atoms with Gasteiger partial charge in [-0.25, -0.2) is 4.79 Å². The van der Waals surface area contributed by atoms with E-state index in [1.807, 2.05) is 13.8 Å². The van der Waals surface area contributed by atoms with Crippen LogP contribution in [0, 0.1) is 5.92 Å². The van der Waals surface area contributed by atoms with Crippen molar-refractivity contribution in [3.63, 3.8) is 0 Å². The standard InChI is InChI=1S/C17H19F2N3O4S/c1-9(2)14(23)13-8-22(16(27-13)20-15(24)21(3)4)10-5-6-11-12(7-10)26-17(18,19)25-11/h5-9,14,23H,1-4H3. The number of ether oxygens (including phenoxy) is 2. The van der Waals surface area contributed by atoms with E-state index < -0.39 is 18.4 Å². The van der Waals surface area contributed by atoms with Crippen LogP contribution >= 0.6 is 11.3 Å². The van der Waals surface area contributed by atoms with Crippen molar-refractivity contribution in [2.24, 2.45) is 10.9 Å². The lowest BCUT2D eigenvalue weighted by atomic mass is 10.1. The minimum absolute atomic E-state index is 0.0510. The van der Waals surface area contributed by atoms with Crippen LogP contribution in [-0.4, -0.2) is 41.0 Å². The quantitative estimate of drug-likeness (QED) is 0.860. The summed E-state index contributed by atoms with van der Waals surface area (Å²) in [6.07, 6.45) is -2.84. The Labute approximate surface area is 158 Å². The third-order valence-electron chi connectivity index (χ3n) is 3.83. The zero-order valence-electron chi connectivity index (χ0n) is 15.1. The van der Waals surface area contributed by atoms with Crippen LogP contribution in [-0.2, 0) is 0 Å². The monoisotopic (exact) mass is 399 g/mol. The first-order valence-electron chi connectivity index (χ1n) is 8.14. The van der Waals surface area contributed by atoms with Crippen molar-refractivity contribution in [2.45, 2.75) is 26.2 Å². The normalized spacial score (nSPS) is 16.7. The number of urea groups is 1. The molecule has 0 saturated heterocycles. The van der Waals surface area contributed by atoms with Crippen molar-refractivity contribution in [2.75, 3.05) is 14.1 Å². The molecule has 7 nitrogen and oxygen atoms in total. The summed E-state index contributed by atoms with van der Waals surface area (Å²) in [5.74, 6) is -0.248. The second kappa shape index (κ2) is 6.93. The molecule has 1 aromatic carbocycles. The van der Waals surface area contributed by atoms with E-state index in [1.165, 1.54) is 17.0 Å². The van der Waals surface area contributed by atoms with Crippen LogP contribution in [0.1, 0.15) is 24.8 Å². The Morgan fingerprint density at radius 3 is 2.59 bits per heavy atom. The highest BCUT2D eigenvalue weighted by atomic mass is 32.1. The van der Waals surface area contributed by atoms with Crippen LogP contribution in [0.2, 0.25) is 0 Å². The number of alkyl halides is 2. The molecule has 2 amide bonds. The summed E-state index contributed by atoms with van der Waals surface area (Å²) in [6, 6.07) is 3.78. The van der Waals surface area contributed by atoms with Crippen molar-refractivity contribution in [3.8, 4) is 17.2 Å². The van der Waals surface area contributed by atoms with Crippen LogP contribution < -0.4 is 14.3 Å². The molecule has 1 aromatic heterocycles. The predicted molar refractivity (Wildman–Crippen MR) is 94.3 cm³/mol. The Morgan fingerprint density at radius 2 is 1.96 bits per heavy atom. The van der Waals surface area contributed by atoms with Crippen LogP contribution in [0.25, 0.3) is 5.69 Å². The number of thiazole rings is 1. The molecule has 10 heteroatoms. The van der Waals surface area contributed by atoms with Gasteiger partial charge >= 0.3 is 12.3 Å². The summed E-state index contributed by atoms with van der Waals surface area (Å²) in [4.78, 5) is 18.3. The summed E-state index contributed by atoms with van der Waals surface area (Å²) in [6.45, 7) is 3.72. The smallest absolute Gasteiger partial charge is 0.395 e. The summed E-state index contributed by atoms with van der Waals surface area (Å²) in [5, 5.41) is 10.4. The second-order valence-corrected chi connectivity index (χ2v) is 7.60. The fourth-order valence-corrected chi connectivity index (χ4v) is 3.50. The van der Waals surface area contributed by atoms with E-state index in [1.54, 1.807) is 30.9 Å². The molecule has 1 aliphatic heterocycles. The van der Waals surface area contributed by atoms with Gasteiger partial charge in [0.05, 0.1) is 16.7 Å². The largest absolute Gasteiger partial charge is 0.586 e. The van der Waals surface area contributed by atoms with Crippen molar-refractivity contribution in [3.05, 3.63) is 34.1 Å². The average Bonchev–Trinajstić information content (AvgIpc) is 3.12. The Kier molecular flexibility index (Phi) is 4.96. The minimum Gasteiger partial charge on any atom is -0.395 e. The van der Waals surface area contributed by atoms with E-state index in [0.29, 0.717) is 15.4 Å². The summed E-state index contributed by atoms with van der Waals surface area (Å²) < 4.78 is 37.0. The number of rotatable bonds is 3. The minimum atomic E-state index is -3.71. The number of halogens is 2. The zero-order valence-corrected chi connectivity index (χ0v) is 16.0. The van der Waals surface area contributed by atoms with Gasteiger partial charge in [-0.1, -0.05) is 25.2 Å². The van der Waals surface area contributed by atoms with Crippen LogP contribution in [0.4, 0.5) is 13.6 Å². The molecular weight excluding hydrogens is 380 g/mol. The van der Waals surface area contributed by atoms with E-state index >= 15 is 0 Å². The van der Waals surface area contributed by atoms with Crippen molar-refractivity contribution >= 4 is 17.4 Å². The average molecular weight is 399 g/mol. The molecule has 1 aliphatic rings. The number of hydrogen-bond donors (Lipinski definition) is 1. The number of aliphatic hydroxyl groups excluding tert-OH is 1. The lowest BCUT2D eigenvalue weighted by Crippen LogP contribution is -2.26. The molecule has 1 N–H and O–H groups in total. The van der Waals surface area contributed by atoms with Gasteiger partial charge < -0.3 is 19.5 Å². The zero-order chi connectivity index (χ0) is 19.9. The van der Waals surface area contributed by atoms with Crippen molar-refractivity contribution < 1.29 is 28.2 Å². The van der Waals surface area contributed by atoms with Crippen molar-refractivity contribution in [1.82, 2.24) is 9.47 Å². The van der Waals surface area contributed by atoms with Gasteiger partial charge in [0.25, 0.3) is 0 Å². The summed E-state index contributed by atoms with van der Waals surface area (Å²) in [7, 11) is 3.13. The number of hydrogen-bond acceptors (Lipinski definition) is 5. The van der Waals surface area contributed by atoms with Gasteiger partial charge in [0.1, 0.15) is 0 Å².